The van der Waals surface area contributed by atoms with E-state index in [2.05, 4.69) is 12.8 Å². The van der Waals surface area contributed by atoms with Crippen LogP contribution < -0.4 is 0 Å². The molecule has 0 aliphatic carbocycles. The fraction of sp³-hybridized carbons (Fsp3) is 0.400. The lowest BCUT2D eigenvalue weighted by Crippen LogP contribution is -2.23. The summed E-state index contributed by atoms with van der Waals surface area (Å²) in [6.45, 7) is 4.84. The van der Waals surface area contributed by atoms with Crippen molar-refractivity contribution in [2.75, 3.05) is 18.6 Å². The number of carbonyl (C=O) groups excluding carboxylic acids is 1. The molecular weight excluding hydrogens is 242 g/mol. The van der Waals surface area contributed by atoms with Gasteiger partial charge in [0.1, 0.15) is 0 Å². The quantitative estimate of drug-likeness (QED) is 0.729. The molecule has 0 unspecified atom stereocenters. The predicted octanol–water partition coefficient (Wildman–Crippen LogP) is 3.65. The molecule has 3 heteroatoms. The van der Waals surface area contributed by atoms with Gasteiger partial charge in [0, 0.05) is 23.4 Å². The molecule has 1 heterocycles. The minimum Gasteiger partial charge on any atom is -0.308 e. The minimum absolute atomic E-state index is 0.112. The van der Waals surface area contributed by atoms with E-state index < -0.39 is 0 Å². The second-order valence-electron chi connectivity index (χ2n) is 4.50. The van der Waals surface area contributed by atoms with Crippen LogP contribution in [-0.4, -0.2) is 29.4 Å². The van der Waals surface area contributed by atoms with E-state index in [0.717, 1.165) is 29.8 Å². The van der Waals surface area contributed by atoms with Crippen molar-refractivity contribution >= 4 is 23.4 Å². The Bertz CT molecular complexity index is 421. The predicted molar refractivity (Wildman–Crippen MR) is 78.7 cm³/mol. The first-order chi connectivity index (χ1) is 8.75. The van der Waals surface area contributed by atoms with Gasteiger partial charge in [-0.05, 0) is 30.9 Å². The summed E-state index contributed by atoms with van der Waals surface area (Å²) < 4.78 is 0. The maximum Gasteiger partial charge on any atom is 0.258 e. The highest BCUT2D eigenvalue weighted by Crippen LogP contribution is 2.31. The van der Waals surface area contributed by atoms with Crippen molar-refractivity contribution in [1.29, 1.82) is 0 Å². The number of nitrogens with zero attached hydrogens (tertiary/aromatic N) is 1. The van der Waals surface area contributed by atoms with Crippen LogP contribution in [0.5, 0.6) is 0 Å². The maximum atomic E-state index is 12.2. The van der Waals surface area contributed by atoms with Crippen molar-refractivity contribution in [3.63, 3.8) is 0 Å². The fourth-order valence-electron chi connectivity index (χ4n) is 2.26. The Kier molecular flexibility index (Phi) is 4.48. The molecule has 0 saturated carbocycles. The van der Waals surface area contributed by atoms with Crippen LogP contribution in [0.3, 0.4) is 0 Å². The van der Waals surface area contributed by atoms with E-state index in [1.807, 2.05) is 40.9 Å². The molecule has 0 saturated heterocycles. The normalized spacial score (nSPS) is 14.2. The number of rotatable bonds is 6. The number of unbranched alkanes of at least 4 members (excludes halogenated alkanes) is 2. The van der Waals surface area contributed by atoms with Crippen LogP contribution in [0.15, 0.2) is 30.8 Å². The van der Waals surface area contributed by atoms with E-state index in [1.165, 1.54) is 18.6 Å². The van der Waals surface area contributed by atoms with Crippen LogP contribution >= 0.6 is 11.8 Å². The number of benzene rings is 1. The number of hydrogen-bond acceptors (Lipinski definition) is 2. The number of hydrogen-bond donors (Lipinski definition) is 0. The van der Waals surface area contributed by atoms with Gasteiger partial charge >= 0.3 is 0 Å². The second kappa shape index (κ2) is 6.10. The molecule has 0 radical (unpaired) electrons. The van der Waals surface area contributed by atoms with Crippen molar-refractivity contribution in [3.05, 3.63) is 42.0 Å². The van der Waals surface area contributed by atoms with E-state index in [9.17, 15) is 4.79 Å². The summed E-state index contributed by atoms with van der Waals surface area (Å²) in [5, 5.41) is 0. The highest BCUT2D eigenvalue weighted by atomic mass is 32.2. The maximum absolute atomic E-state index is 12.2. The molecular formula is C15H19NOS. The molecule has 96 valence electrons. The van der Waals surface area contributed by atoms with Gasteiger partial charge in [0.25, 0.3) is 5.91 Å². The number of thioether (sulfide) groups is 1. The SMILES string of the molecule is C=C1c2ccccc2C(=O)N1CCCCCSC. The fourth-order valence-corrected chi connectivity index (χ4v) is 2.76. The summed E-state index contributed by atoms with van der Waals surface area (Å²) in [7, 11) is 0. The van der Waals surface area contributed by atoms with Crippen LogP contribution in [0.1, 0.15) is 35.2 Å². The Hall–Kier alpha value is -1.22. The summed E-state index contributed by atoms with van der Waals surface area (Å²) in [5.41, 5.74) is 2.65. The lowest BCUT2D eigenvalue weighted by molar-refractivity contribution is 0.0849. The number of amides is 1. The van der Waals surface area contributed by atoms with Gasteiger partial charge < -0.3 is 4.90 Å². The molecule has 0 aromatic heterocycles. The van der Waals surface area contributed by atoms with Gasteiger partial charge in [-0.25, -0.2) is 0 Å². The highest BCUT2D eigenvalue weighted by molar-refractivity contribution is 7.98. The van der Waals surface area contributed by atoms with Crippen LogP contribution in [0.2, 0.25) is 0 Å². The van der Waals surface area contributed by atoms with Crippen molar-refractivity contribution in [1.82, 2.24) is 4.90 Å². The molecule has 1 aliphatic heterocycles. The third-order valence-corrected chi connectivity index (χ3v) is 3.97. The van der Waals surface area contributed by atoms with Crippen molar-refractivity contribution in [2.45, 2.75) is 19.3 Å². The average molecular weight is 261 g/mol. The Morgan fingerprint density at radius 1 is 1.17 bits per heavy atom. The van der Waals surface area contributed by atoms with Crippen LogP contribution in [0, 0.1) is 0 Å². The third kappa shape index (κ3) is 2.61. The Labute approximate surface area is 113 Å². The zero-order chi connectivity index (χ0) is 13.0. The lowest BCUT2D eigenvalue weighted by atomic mass is 10.1. The van der Waals surface area contributed by atoms with Gasteiger partial charge in [0.15, 0.2) is 0 Å². The number of carbonyl (C=O) groups is 1. The molecule has 0 N–H and O–H groups in total. The Morgan fingerprint density at radius 2 is 1.89 bits per heavy atom. The first-order valence-electron chi connectivity index (χ1n) is 6.35. The first-order valence-corrected chi connectivity index (χ1v) is 7.74. The molecule has 0 atom stereocenters. The Morgan fingerprint density at radius 3 is 2.56 bits per heavy atom. The molecule has 1 aromatic carbocycles. The minimum atomic E-state index is 0.112. The average Bonchev–Trinajstić information content (AvgIpc) is 2.64. The highest BCUT2D eigenvalue weighted by Gasteiger charge is 2.29. The molecule has 2 nitrogen and oxygen atoms in total. The van der Waals surface area contributed by atoms with E-state index in [4.69, 9.17) is 0 Å². The standard InChI is InChI=1S/C15H19NOS/c1-12-13-8-4-5-9-14(13)15(17)16(12)10-6-3-7-11-18-2/h4-5,8-9H,1,3,6-7,10-11H2,2H3. The summed E-state index contributed by atoms with van der Waals surface area (Å²) in [6, 6.07) is 7.73. The molecule has 18 heavy (non-hydrogen) atoms. The molecule has 1 amide bonds. The van der Waals surface area contributed by atoms with Gasteiger partial charge in [0.2, 0.25) is 0 Å². The first kappa shape index (κ1) is 13.2. The summed E-state index contributed by atoms with van der Waals surface area (Å²) in [4.78, 5) is 14.0. The van der Waals surface area contributed by atoms with Gasteiger partial charge in [-0.3, -0.25) is 4.79 Å². The van der Waals surface area contributed by atoms with E-state index >= 15 is 0 Å². The van der Waals surface area contributed by atoms with Gasteiger partial charge in [-0.15, -0.1) is 0 Å². The number of fused-ring (bicyclic) bond motifs is 1. The molecule has 1 aromatic rings. The zero-order valence-electron chi connectivity index (χ0n) is 10.8. The van der Waals surface area contributed by atoms with E-state index in [1.54, 1.807) is 0 Å². The molecule has 0 spiro atoms. The third-order valence-electron chi connectivity index (χ3n) is 3.27. The summed E-state index contributed by atoms with van der Waals surface area (Å²) >= 11 is 1.88. The second-order valence-corrected chi connectivity index (χ2v) is 5.49. The summed E-state index contributed by atoms with van der Waals surface area (Å²) in [6.07, 6.45) is 5.58. The van der Waals surface area contributed by atoms with Crippen molar-refractivity contribution < 1.29 is 4.79 Å². The monoisotopic (exact) mass is 261 g/mol. The van der Waals surface area contributed by atoms with Crippen molar-refractivity contribution in [3.8, 4) is 0 Å². The largest absolute Gasteiger partial charge is 0.308 e. The lowest BCUT2D eigenvalue weighted by Gasteiger charge is -2.17. The van der Waals surface area contributed by atoms with Gasteiger partial charge in [-0.1, -0.05) is 31.2 Å². The van der Waals surface area contributed by atoms with Gasteiger partial charge in [-0.2, -0.15) is 11.8 Å². The summed E-state index contributed by atoms with van der Waals surface area (Å²) in [5.74, 6) is 1.32. The molecule has 1 aliphatic rings. The van der Waals surface area contributed by atoms with Crippen LogP contribution in [-0.2, 0) is 0 Å². The van der Waals surface area contributed by atoms with E-state index in [-0.39, 0.29) is 5.91 Å². The molecule has 2 rings (SSSR count). The smallest absolute Gasteiger partial charge is 0.258 e. The van der Waals surface area contributed by atoms with Crippen LogP contribution in [0.25, 0.3) is 5.70 Å². The van der Waals surface area contributed by atoms with Gasteiger partial charge in [0.05, 0.1) is 0 Å². The zero-order valence-corrected chi connectivity index (χ0v) is 11.6. The Balaban J connectivity index is 1.93. The molecule has 0 fully saturated rings. The molecule has 0 bridgehead atoms. The topological polar surface area (TPSA) is 20.3 Å². The van der Waals surface area contributed by atoms with Crippen LogP contribution in [0.4, 0.5) is 0 Å². The van der Waals surface area contributed by atoms with E-state index in [0.29, 0.717) is 0 Å². The van der Waals surface area contributed by atoms with Crippen molar-refractivity contribution in [2.24, 2.45) is 0 Å².